The Morgan fingerprint density at radius 2 is 2.03 bits per heavy atom. The maximum absolute atomic E-state index is 13.1. The van der Waals surface area contributed by atoms with E-state index < -0.39 is 10.0 Å². The molecule has 1 aromatic carbocycles. The molecule has 9 nitrogen and oxygen atoms in total. The number of amides is 1. The molecule has 0 radical (unpaired) electrons. The lowest BCUT2D eigenvalue weighted by Gasteiger charge is -2.28. The van der Waals surface area contributed by atoms with Gasteiger partial charge < -0.3 is 9.47 Å². The number of aryl methyl sites for hydroxylation is 1. The third-order valence-corrected chi connectivity index (χ3v) is 7.80. The number of methoxy groups -OCH3 is 1. The predicted molar refractivity (Wildman–Crippen MR) is 123 cm³/mol. The fourth-order valence-electron chi connectivity index (χ4n) is 3.38. The zero-order valence-electron chi connectivity index (χ0n) is 18.5. The van der Waals surface area contributed by atoms with Gasteiger partial charge in [-0.25, -0.2) is 13.4 Å². The molecule has 2 aromatic rings. The van der Waals surface area contributed by atoms with Crippen LogP contribution in [0, 0.1) is 6.92 Å². The van der Waals surface area contributed by atoms with E-state index in [1.807, 2.05) is 19.1 Å². The first kappa shape index (κ1) is 23.9. The summed E-state index contributed by atoms with van der Waals surface area (Å²) in [5.41, 5.74) is 1.76. The van der Waals surface area contributed by atoms with Gasteiger partial charge in [-0.3, -0.25) is 14.6 Å². The first-order valence-corrected chi connectivity index (χ1v) is 12.8. The summed E-state index contributed by atoms with van der Waals surface area (Å²) in [7, 11) is -0.466. The average Bonchev–Trinajstić information content (AvgIpc) is 3.17. The van der Waals surface area contributed by atoms with Crippen LogP contribution in [0.4, 0.5) is 5.13 Å². The van der Waals surface area contributed by atoms with Crippen molar-refractivity contribution in [3.63, 3.8) is 0 Å². The van der Waals surface area contributed by atoms with Crippen LogP contribution in [0.3, 0.4) is 0 Å². The van der Waals surface area contributed by atoms with Gasteiger partial charge in [0.2, 0.25) is 15.9 Å². The number of likely N-dealkylation sites (N-methyl/N-ethyl adjacent to an activating group) is 1. The minimum absolute atomic E-state index is 0.234. The zero-order valence-corrected chi connectivity index (χ0v) is 20.1. The van der Waals surface area contributed by atoms with E-state index in [2.05, 4.69) is 4.90 Å². The normalized spacial score (nSPS) is 15.5. The Labute approximate surface area is 187 Å². The molecule has 3 rings (SSSR count). The number of benzene rings is 1. The molecule has 0 atom stereocenters. The van der Waals surface area contributed by atoms with Gasteiger partial charge in [0.1, 0.15) is 11.3 Å². The van der Waals surface area contributed by atoms with Crippen molar-refractivity contribution in [2.75, 3.05) is 71.3 Å². The van der Waals surface area contributed by atoms with Crippen LogP contribution in [0.2, 0.25) is 0 Å². The third kappa shape index (κ3) is 5.92. The van der Waals surface area contributed by atoms with Gasteiger partial charge in [-0.15, -0.1) is 0 Å². The molecule has 0 N–H and O–H groups in total. The monoisotopic (exact) mass is 470 g/mol. The fraction of sp³-hybridized carbons (Fsp3) is 0.600. The van der Waals surface area contributed by atoms with Crippen molar-refractivity contribution in [2.45, 2.75) is 13.3 Å². The molecular weight excluding hydrogens is 440 g/mol. The van der Waals surface area contributed by atoms with Crippen LogP contribution in [-0.2, 0) is 19.6 Å². The molecule has 1 fully saturated rings. The van der Waals surface area contributed by atoms with Gasteiger partial charge in [0, 0.05) is 33.2 Å². The van der Waals surface area contributed by atoms with Crippen molar-refractivity contribution < 1.29 is 22.7 Å². The molecular formula is C20H30N4O5S2. The first-order chi connectivity index (χ1) is 14.7. The highest BCUT2D eigenvalue weighted by Gasteiger charge is 2.25. The topological polar surface area (TPSA) is 92.3 Å². The maximum Gasteiger partial charge on any atom is 0.244 e. The van der Waals surface area contributed by atoms with Crippen molar-refractivity contribution in [2.24, 2.45) is 0 Å². The van der Waals surface area contributed by atoms with Crippen LogP contribution in [-0.4, -0.2) is 94.9 Å². The van der Waals surface area contributed by atoms with E-state index in [1.165, 1.54) is 18.4 Å². The largest absolute Gasteiger partial charge is 0.494 e. The quantitative estimate of drug-likeness (QED) is 0.549. The van der Waals surface area contributed by atoms with Gasteiger partial charge in [0.25, 0.3) is 0 Å². The molecule has 0 saturated carbocycles. The summed E-state index contributed by atoms with van der Waals surface area (Å²) in [4.78, 5) is 21.7. The van der Waals surface area contributed by atoms with Gasteiger partial charge in [0.05, 0.1) is 37.8 Å². The second-order valence-electron chi connectivity index (χ2n) is 7.63. The first-order valence-electron chi connectivity index (χ1n) is 10.2. The summed E-state index contributed by atoms with van der Waals surface area (Å²) >= 11 is 1.42. The number of ether oxygens (including phenoxy) is 2. The van der Waals surface area contributed by atoms with Gasteiger partial charge in [-0.1, -0.05) is 17.4 Å². The molecule has 1 aliphatic rings. The van der Waals surface area contributed by atoms with Gasteiger partial charge in [0.15, 0.2) is 5.13 Å². The standard InChI is InChI=1S/C20H30N4O5S2/c1-15-6-7-16(28-3)18-19(15)30-20(21-18)24(17(25)14-22(2)31(4,26)27)9-5-8-23-10-12-29-13-11-23/h6-7H,5,8-14H2,1-4H3. The SMILES string of the molecule is COc1ccc(C)c2sc(N(CCCN3CCOCC3)C(=O)CN(C)S(C)(=O)=O)nc12. The number of hydrogen-bond donors (Lipinski definition) is 0. The molecule has 11 heteroatoms. The number of aromatic nitrogens is 1. The molecule has 0 aliphatic carbocycles. The number of fused-ring (bicyclic) bond motifs is 1. The second-order valence-corrected chi connectivity index (χ2v) is 10.7. The molecule has 31 heavy (non-hydrogen) atoms. The zero-order chi connectivity index (χ0) is 22.6. The summed E-state index contributed by atoms with van der Waals surface area (Å²) < 4.78 is 36.5. The van der Waals surface area contributed by atoms with E-state index in [9.17, 15) is 13.2 Å². The molecule has 0 bridgehead atoms. The Bertz CT molecular complexity index is 1020. The van der Waals surface area contributed by atoms with E-state index in [0.29, 0.717) is 22.9 Å². The second kappa shape index (κ2) is 10.2. The number of anilines is 1. The van der Waals surface area contributed by atoms with Crippen LogP contribution in [0.5, 0.6) is 5.75 Å². The average molecular weight is 471 g/mol. The Morgan fingerprint density at radius 3 is 2.68 bits per heavy atom. The molecule has 1 amide bonds. The number of sulfonamides is 1. The predicted octanol–water partition coefficient (Wildman–Crippen LogP) is 1.56. The smallest absolute Gasteiger partial charge is 0.244 e. The van der Waals surface area contributed by atoms with Crippen molar-refractivity contribution in [1.82, 2.24) is 14.2 Å². The summed E-state index contributed by atoms with van der Waals surface area (Å²) in [6.07, 6.45) is 1.84. The van der Waals surface area contributed by atoms with Crippen molar-refractivity contribution in [1.29, 1.82) is 0 Å². The van der Waals surface area contributed by atoms with Gasteiger partial charge in [-0.05, 0) is 25.0 Å². The third-order valence-electron chi connectivity index (χ3n) is 5.33. The lowest BCUT2D eigenvalue weighted by Crippen LogP contribution is -2.43. The molecule has 172 valence electrons. The summed E-state index contributed by atoms with van der Waals surface area (Å²) in [6, 6.07) is 3.83. The number of carbonyl (C=O) groups excluding carboxylic acids is 1. The van der Waals surface area contributed by atoms with E-state index in [0.717, 1.165) is 60.1 Å². The van der Waals surface area contributed by atoms with Crippen LogP contribution in [0.15, 0.2) is 12.1 Å². The van der Waals surface area contributed by atoms with E-state index in [-0.39, 0.29) is 12.5 Å². The Hall–Kier alpha value is -1.79. The summed E-state index contributed by atoms with van der Waals surface area (Å²) in [5.74, 6) is 0.350. The number of nitrogens with zero attached hydrogens (tertiary/aromatic N) is 4. The van der Waals surface area contributed by atoms with Crippen LogP contribution in [0.25, 0.3) is 10.2 Å². The highest BCUT2D eigenvalue weighted by atomic mass is 32.2. The van der Waals surface area contributed by atoms with Crippen molar-refractivity contribution in [3.05, 3.63) is 17.7 Å². The molecule has 0 spiro atoms. The van der Waals surface area contributed by atoms with E-state index >= 15 is 0 Å². The van der Waals surface area contributed by atoms with Crippen LogP contribution >= 0.6 is 11.3 Å². The van der Waals surface area contributed by atoms with E-state index in [4.69, 9.17) is 14.5 Å². The lowest BCUT2D eigenvalue weighted by atomic mass is 10.2. The van der Waals surface area contributed by atoms with Gasteiger partial charge >= 0.3 is 0 Å². The van der Waals surface area contributed by atoms with Crippen LogP contribution in [0.1, 0.15) is 12.0 Å². The maximum atomic E-state index is 13.1. The Morgan fingerprint density at radius 1 is 1.32 bits per heavy atom. The van der Waals surface area contributed by atoms with Crippen molar-refractivity contribution >= 4 is 42.6 Å². The van der Waals surface area contributed by atoms with Crippen LogP contribution < -0.4 is 9.64 Å². The molecule has 1 aliphatic heterocycles. The number of thiazole rings is 1. The lowest BCUT2D eigenvalue weighted by molar-refractivity contribution is -0.118. The summed E-state index contributed by atoms with van der Waals surface area (Å²) in [5, 5.41) is 0.552. The minimum atomic E-state index is -3.47. The Kier molecular flexibility index (Phi) is 7.87. The minimum Gasteiger partial charge on any atom is -0.494 e. The highest BCUT2D eigenvalue weighted by Crippen LogP contribution is 2.36. The fourth-order valence-corrected chi connectivity index (χ4v) is 4.82. The number of morpholine rings is 1. The number of rotatable bonds is 9. The number of hydrogen-bond acceptors (Lipinski definition) is 8. The summed E-state index contributed by atoms with van der Waals surface area (Å²) in [6.45, 7) is 6.24. The van der Waals surface area contributed by atoms with E-state index in [1.54, 1.807) is 12.0 Å². The highest BCUT2D eigenvalue weighted by molar-refractivity contribution is 7.88. The number of carbonyl (C=O) groups is 1. The molecule has 0 unspecified atom stereocenters. The molecule has 2 heterocycles. The Balaban J connectivity index is 1.84. The molecule has 1 aromatic heterocycles. The van der Waals surface area contributed by atoms with Gasteiger partial charge in [-0.2, -0.15) is 4.31 Å². The van der Waals surface area contributed by atoms with Crippen molar-refractivity contribution in [3.8, 4) is 5.75 Å². The molecule has 1 saturated heterocycles.